The van der Waals surface area contributed by atoms with Gasteiger partial charge in [-0.3, -0.25) is 9.59 Å². The molecule has 2 heteroatoms. The second-order valence-corrected chi connectivity index (χ2v) is 3.99. The van der Waals surface area contributed by atoms with Gasteiger partial charge >= 0.3 is 0 Å². The standard InChI is InChI=1S/C10H14O2/c11-8-4-1-2-6-10(8)7-3-5-9(10)12/h1-7H2/t10-/m0/s1. The number of carbonyl (C=O) groups excluding carboxylic acids is 2. The monoisotopic (exact) mass is 166 g/mol. The van der Waals surface area contributed by atoms with E-state index in [0.29, 0.717) is 12.8 Å². The molecule has 0 unspecified atom stereocenters. The lowest BCUT2D eigenvalue weighted by Gasteiger charge is -2.29. The molecule has 0 amide bonds. The maximum atomic E-state index is 11.6. The molecule has 0 aromatic rings. The van der Waals surface area contributed by atoms with Crippen LogP contribution in [0.2, 0.25) is 0 Å². The number of hydrogen-bond donors (Lipinski definition) is 0. The Morgan fingerprint density at radius 1 is 0.833 bits per heavy atom. The molecule has 0 saturated heterocycles. The normalized spacial score (nSPS) is 36.3. The van der Waals surface area contributed by atoms with Gasteiger partial charge in [0.25, 0.3) is 0 Å². The van der Waals surface area contributed by atoms with Crippen molar-refractivity contribution >= 4 is 11.6 Å². The van der Waals surface area contributed by atoms with Crippen LogP contribution in [0, 0.1) is 5.41 Å². The minimum absolute atomic E-state index is 0.229. The van der Waals surface area contributed by atoms with Gasteiger partial charge in [0.2, 0.25) is 0 Å². The molecule has 2 rings (SSSR count). The Morgan fingerprint density at radius 3 is 2.00 bits per heavy atom. The zero-order valence-corrected chi connectivity index (χ0v) is 7.27. The van der Waals surface area contributed by atoms with E-state index in [4.69, 9.17) is 0 Å². The number of ketones is 2. The number of rotatable bonds is 0. The predicted octanol–water partition coefficient (Wildman–Crippen LogP) is 1.87. The first-order chi connectivity index (χ1) is 5.76. The lowest BCUT2D eigenvalue weighted by Crippen LogP contribution is -2.37. The van der Waals surface area contributed by atoms with Crippen LogP contribution in [-0.4, -0.2) is 11.6 Å². The summed E-state index contributed by atoms with van der Waals surface area (Å²) in [6.07, 6.45) is 5.96. The third-order valence-electron chi connectivity index (χ3n) is 3.33. The summed E-state index contributed by atoms with van der Waals surface area (Å²) in [5.74, 6) is 0.462. The molecular weight excluding hydrogens is 152 g/mol. The Kier molecular flexibility index (Phi) is 1.78. The highest BCUT2D eigenvalue weighted by Crippen LogP contribution is 2.43. The first kappa shape index (κ1) is 7.96. The first-order valence-electron chi connectivity index (χ1n) is 4.82. The maximum Gasteiger partial charge on any atom is 0.146 e. The van der Waals surface area contributed by atoms with Crippen molar-refractivity contribution in [2.75, 3.05) is 0 Å². The van der Waals surface area contributed by atoms with E-state index in [-0.39, 0.29) is 11.6 Å². The van der Waals surface area contributed by atoms with Gasteiger partial charge in [0.1, 0.15) is 11.6 Å². The van der Waals surface area contributed by atoms with E-state index < -0.39 is 5.41 Å². The van der Waals surface area contributed by atoms with Crippen molar-refractivity contribution in [2.24, 2.45) is 5.41 Å². The van der Waals surface area contributed by atoms with E-state index in [9.17, 15) is 9.59 Å². The molecule has 2 aliphatic rings. The van der Waals surface area contributed by atoms with Gasteiger partial charge in [-0.1, -0.05) is 6.42 Å². The Bertz CT molecular complexity index is 232. The second-order valence-electron chi connectivity index (χ2n) is 3.99. The van der Waals surface area contributed by atoms with E-state index in [1.807, 2.05) is 0 Å². The van der Waals surface area contributed by atoms with Crippen molar-refractivity contribution in [1.82, 2.24) is 0 Å². The van der Waals surface area contributed by atoms with Gasteiger partial charge in [-0.05, 0) is 25.7 Å². The highest BCUT2D eigenvalue weighted by molar-refractivity contribution is 6.08. The summed E-state index contributed by atoms with van der Waals surface area (Å²) in [5, 5.41) is 0. The van der Waals surface area contributed by atoms with Crippen LogP contribution in [0.3, 0.4) is 0 Å². The fourth-order valence-corrected chi connectivity index (χ4v) is 2.58. The summed E-state index contributed by atoms with van der Waals surface area (Å²) in [7, 11) is 0. The van der Waals surface area contributed by atoms with E-state index in [1.165, 1.54) is 0 Å². The van der Waals surface area contributed by atoms with E-state index in [2.05, 4.69) is 0 Å². The summed E-state index contributed by atoms with van der Waals surface area (Å²) in [5.41, 5.74) is -0.488. The Labute approximate surface area is 72.3 Å². The highest BCUT2D eigenvalue weighted by Gasteiger charge is 2.48. The zero-order valence-electron chi connectivity index (χ0n) is 7.27. The topological polar surface area (TPSA) is 34.1 Å². The van der Waals surface area contributed by atoms with Crippen molar-refractivity contribution in [2.45, 2.75) is 44.9 Å². The zero-order chi connectivity index (χ0) is 8.60. The summed E-state index contributed by atoms with van der Waals surface area (Å²) >= 11 is 0. The Balaban J connectivity index is 2.27. The quantitative estimate of drug-likeness (QED) is 0.515. The largest absolute Gasteiger partial charge is 0.299 e. The van der Waals surface area contributed by atoms with Crippen LogP contribution in [0.25, 0.3) is 0 Å². The molecule has 2 nitrogen and oxygen atoms in total. The third kappa shape index (κ3) is 0.936. The van der Waals surface area contributed by atoms with Crippen LogP contribution in [-0.2, 0) is 9.59 Å². The minimum Gasteiger partial charge on any atom is -0.299 e. The van der Waals surface area contributed by atoms with Gasteiger partial charge in [-0.15, -0.1) is 0 Å². The van der Waals surface area contributed by atoms with Gasteiger partial charge in [-0.2, -0.15) is 0 Å². The molecule has 0 aromatic carbocycles. The second kappa shape index (κ2) is 2.68. The number of Topliss-reactive ketones (excluding diaryl/α,β-unsaturated/α-hetero) is 2. The molecule has 0 N–H and O–H groups in total. The van der Waals surface area contributed by atoms with Crippen LogP contribution >= 0.6 is 0 Å². The molecule has 66 valence electrons. The number of hydrogen-bond acceptors (Lipinski definition) is 2. The Morgan fingerprint density at radius 2 is 1.42 bits per heavy atom. The van der Waals surface area contributed by atoms with Crippen LogP contribution < -0.4 is 0 Å². The third-order valence-corrected chi connectivity index (χ3v) is 3.33. The van der Waals surface area contributed by atoms with Crippen molar-refractivity contribution in [3.63, 3.8) is 0 Å². The SMILES string of the molecule is O=C1CCCC[C@]12CCCC2=O. The van der Waals surface area contributed by atoms with Crippen molar-refractivity contribution in [1.29, 1.82) is 0 Å². The van der Waals surface area contributed by atoms with Gasteiger partial charge in [0.15, 0.2) is 0 Å². The fraction of sp³-hybridized carbons (Fsp3) is 0.800. The molecule has 2 saturated carbocycles. The van der Waals surface area contributed by atoms with Gasteiger partial charge in [0.05, 0.1) is 5.41 Å². The molecule has 0 heterocycles. The highest BCUT2D eigenvalue weighted by atomic mass is 16.2. The average molecular weight is 166 g/mol. The van der Waals surface area contributed by atoms with Crippen LogP contribution in [0.15, 0.2) is 0 Å². The minimum atomic E-state index is -0.488. The van der Waals surface area contributed by atoms with Gasteiger partial charge in [-0.25, -0.2) is 0 Å². The predicted molar refractivity (Wildman–Crippen MR) is 44.8 cm³/mol. The average Bonchev–Trinajstić information content (AvgIpc) is 2.41. The molecule has 0 radical (unpaired) electrons. The molecular formula is C10H14O2. The molecule has 0 aliphatic heterocycles. The fourth-order valence-electron chi connectivity index (χ4n) is 2.58. The van der Waals surface area contributed by atoms with Crippen molar-refractivity contribution in [3.05, 3.63) is 0 Å². The Hall–Kier alpha value is -0.660. The molecule has 1 spiro atoms. The maximum absolute atomic E-state index is 11.6. The molecule has 2 fully saturated rings. The summed E-state index contributed by atoms with van der Waals surface area (Å²) in [6, 6.07) is 0. The van der Waals surface area contributed by atoms with Crippen LogP contribution in [0.4, 0.5) is 0 Å². The number of carbonyl (C=O) groups is 2. The van der Waals surface area contributed by atoms with Gasteiger partial charge in [0, 0.05) is 12.8 Å². The first-order valence-corrected chi connectivity index (χ1v) is 4.82. The molecule has 0 aromatic heterocycles. The lowest BCUT2D eigenvalue weighted by atomic mass is 9.71. The summed E-state index contributed by atoms with van der Waals surface area (Å²) < 4.78 is 0. The molecule has 1 atom stereocenters. The van der Waals surface area contributed by atoms with E-state index >= 15 is 0 Å². The van der Waals surface area contributed by atoms with E-state index in [0.717, 1.165) is 32.1 Å². The van der Waals surface area contributed by atoms with Crippen LogP contribution in [0.1, 0.15) is 44.9 Å². The summed E-state index contributed by atoms with van der Waals surface area (Å²) in [6.45, 7) is 0. The summed E-state index contributed by atoms with van der Waals surface area (Å²) in [4.78, 5) is 23.1. The lowest BCUT2D eigenvalue weighted by molar-refractivity contribution is -0.140. The molecule has 0 bridgehead atoms. The van der Waals surface area contributed by atoms with Crippen LogP contribution in [0.5, 0.6) is 0 Å². The van der Waals surface area contributed by atoms with E-state index in [1.54, 1.807) is 0 Å². The van der Waals surface area contributed by atoms with Crippen molar-refractivity contribution in [3.8, 4) is 0 Å². The molecule has 12 heavy (non-hydrogen) atoms. The molecule has 2 aliphatic carbocycles. The van der Waals surface area contributed by atoms with Gasteiger partial charge < -0.3 is 0 Å². The smallest absolute Gasteiger partial charge is 0.146 e. The van der Waals surface area contributed by atoms with Crippen molar-refractivity contribution < 1.29 is 9.59 Å².